The molecular weight excluding hydrogens is 441 g/mol. The van der Waals surface area contributed by atoms with Gasteiger partial charge in [-0.2, -0.15) is 0 Å². The molecule has 26 heavy (non-hydrogen) atoms. The Morgan fingerprint density at radius 1 is 1.15 bits per heavy atom. The Hall–Kier alpha value is -0.380. The van der Waals surface area contributed by atoms with Crippen molar-refractivity contribution in [3.63, 3.8) is 0 Å². The number of hydrogen-bond donors (Lipinski definition) is 3. The van der Waals surface area contributed by atoms with Gasteiger partial charge >= 0.3 is 0 Å². The van der Waals surface area contributed by atoms with E-state index < -0.39 is 0 Å². The lowest BCUT2D eigenvalue weighted by Crippen LogP contribution is -2.48. The van der Waals surface area contributed by atoms with Crippen molar-refractivity contribution in [2.45, 2.75) is 51.2 Å². The van der Waals surface area contributed by atoms with Gasteiger partial charge in [-0.25, -0.2) is 0 Å². The summed E-state index contributed by atoms with van der Waals surface area (Å²) < 4.78 is 0. The highest BCUT2D eigenvalue weighted by molar-refractivity contribution is 14.0. The van der Waals surface area contributed by atoms with Crippen LogP contribution in [0.25, 0.3) is 0 Å². The van der Waals surface area contributed by atoms with Gasteiger partial charge in [-0.15, -0.1) is 30.6 Å². The van der Waals surface area contributed by atoms with Gasteiger partial charge in [-0.3, -0.25) is 9.89 Å². The number of guanidine groups is 1. The molecule has 0 spiro atoms. The molecule has 0 bridgehead atoms. The third-order valence-electron chi connectivity index (χ3n) is 5.12. The first kappa shape index (κ1) is 23.7. The van der Waals surface area contributed by atoms with Crippen molar-refractivity contribution >= 4 is 29.9 Å². The van der Waals surface area contributed by atoms with Crippen LogP contribution in [0.3, 0.4) is 0 Å². The second-order valence-corrected chi connectivity index (χ2v) is 7.19. The van der Waals surface area contributed by atoms with E-state index in [1.54, 1.807) is 0 Å². The molecule has 0 aromatic rings. The van der Waals surface area contributed by atoms with Gasteiger partial charge in [0.2, 0.25) is 0 Å². The Morgan fingerprint density at radius 3 is 2.42 bits per heavy atom. The zero-order valence-corrected chi connectivity index (χ0v) is 18.7. The van der Waals surface area contributed by atoms with Crippen LogP contribution in [-0.4, -0.2) is 85.4 Å². The van der Waals surface area contributed by atoms with Gasteiger partial charge in [0.05, 0.1) is 6.10 Å². The van der Waals surface area contributed by atoms with Crippen molar-refractivity contribution in [3.05, 3.63) is 12.7 Å². The molecule has 0 amide bonds. The first-order chi connectivity index (χ1) is 12.2. The van der Waals surface area contributed by atoms with E-state index in [4.69, 9.17) is 4.99 Å². The molecule has 0 saturated carbocycles. The van der Waals surface area contributed by atoms with Crippen LogP contribution in [0.2, 0.25) is 0 Å². The number of aliphatic hydroxyl groups excluding tert-OH is 1. The smallest absolute Gasteiger partial charge is 0.191 e. The summed E-state index contributed by atoms with van der Waals surface area (Å²) in [5.74, 6) is 0.957. The maximum absolute atomic E-state index is 9.56. The van der Waals surface area contributed by atoms with Crippen molar-refractivity contribution in [2.24, 2.45) is 4.99 Å². The van der Waals surface area contributed by atoms with Gasteiger partial charge in [0.15, 0.2) is 5.96 Å². The van der Waals surface area contributed by atoms with Gasteiger partial charge in [0, 0.05) is 51.9 Å². The highest BCUT2D eigenvalue weighted by Crippen LogP contribution is 2.11. The maximum Gasteiger partial charge on any atom is 0.191 e. The molecule has 2 fully saturated rings. The molecule has 2 rings (SSSR count). The molecule has 152 valence electrons. The summed E-state index contributed by atoms with van der Waals surface area (Å²) in [7, 11) is 0. The number of rotatable bonds is 8. The zero-order valence-electron chi connectivity index (χ0n) is 16.3. The fraction of sp³-hybridized carbons (Fsp3) is 0.842. The van der Waals surface area contributed by atoms with Gasteiger partial charge in [0.25, 0.3) is 0 Å². The average Bonchev–Trinajstić information content (AvgIpc) is 2.62. The first-order valence-corrected chi connectivity index (χ1v) is 9.99. The lowest BCUT2D eigenvalue weighted by Gasteiger charge is -2.32. The fourth-order valence-corrected chi connectivity index (χ4v) is 3.58. The second kappa shape index (κ2) is 13.7. The number of aliphatic hydroxyl groups is 1. The number of nitrogens with one attached hydrogen (secondary N) is 2. The van der Waals surface area contributed by atoms with Crippen LogP contribution in [0.1, 0.15) is 39.0 Å². The van der Waals surface area contributed by atoms with E-state index in [0.717, 1.165) is 90.4 Å². The van der Waals surface area contributed by atoms with Crippen LogP contribution in [0.15, 0.2) is 17.6 Å². The van der Waals surface area contributed by atoms with Crippen molar-refractivity contribution < 1.29 is 5.11 Å². The third-order valence-corrected chi connectivity index (χ3v) is 5.12. The van der Waals surface area contributed by atoms with Crippen molar-refractivity contribution in [2.75, 3.05) is 52.4 Å². The van der Waals surface area contributed by atoms with Crippen LogP contribution < -0.4 is 10.6 Å². The highest BCUT2D eigenvalue weighted by Gasteiger charge is 2.19. The molecule has 2 aliphatic rings. The lowest BCUT2D eigenvalue weighted by molar-refractivity contribution is 0.0824. The number of piperidine rings is 2. The topological polar surface area (TPSA) is 63.1 Å². The number of halogens is 1. The predicted octanol–water partition coefficient (Wildman–Crippen LogP) is 1.66. The largest absolute Gasteiger partial charge is 0.393 e. The summed E-state index contributed by atoms with van der Waals surface area (Å²) >= 11 is 0. The monoisotopic (exact) mass is 479 g/mol. The molecule has 0 aromatic carbocycles. The van der Waals surface area contributed by atoms with Crippen LogP contribution in [0.4, 0.5) is 0 Å². The summed E-state index contributed by atoms with van der Waals surface area (Å²) in [4.78, 5) is 9.64. The van der Waals surface area contributed by atoms with Gasteiger partial charge in [-0.05, 0) is 45.6 Å². The van der Waals surface area contributed by atoms with E-state index in [9.17, 15) is 5.11 Å². The molecule has 3 N–H and O–H groups in total. The fourth-order valence-electron chi connectivity index (χ4n) is 3.58. The first-order valence-electron chi connectivity index (χ1n) is 9.99. The number of aliphatic imine (C=N–C) groups is 1. The highest BCUT2D eigenvalue weighted by atomic mass is 127. The Bertz CT molecular complexity index is 405. The molecule has 2 saturated heterocycles. The summed E-state index contributed by atoms with van der Waals surface area (Å²) in [6.45, 7) is 14.1. The third kappa shape index (κ3) is 9.01. The van der Waals surface area contributed by atoms with E-state index in [-0.39, 0.29) is 30.1 Å². The van der Waals surface area contributed by atoms with Gasteiger partial charge in [0.1, 0.15) is 0 Å². The molecule has 0 aliphatic carbocycles. The molecule has 0 aromatic heterocycles. The molecule has 0 unspecified atom stereocenters. The minimum atomic E-state index is -0.0864. The number of hydrogen-bond acceptors (Lipinski definition) is 4. The van der Waals surface area contributed by atoms with Crippen LogP contribution in [-0.2, 0) is 0 Å². The van der Waals surface area contributed by atoms with Crippen molar-refractivity contribution in [1.82, 2.24) is 20.4 Å². The minimum absolute atomic E-state index is 0. The standard InChI is InChI=1S/C19H37N5O.HI/c1-3-11-23-13-6-17(7-14-23)22-19(20-4-2)21-10-5-12-24-15-8-18(25)9-16-24;/h3,17-18,25H,1,4-16H2,2H3,(H2,20,21,22);1H. The predicted molar refractivity (Wildman–Crippen MR) is 120 cm³/mol. The SMILES string of the molecule is C=CCN1CCC(NC(=NCCCN2CCC(O)CC2)NCC)CC1.I. The maximum atomic E-state index is 9.56. The van der Waals surface area contributed by atoms with E-state index >= 15 is 0 Å². The molecule has 0 atom stereocenters. The second-order valence-electron chi connectivity index (χ2n) is 7.19. The Balaban J connectivity index is 0.00000338. The molecule has 2 heterocycles. The Morgan fingerprint density at radius 2 is 1.81 bits per heavy atom. The summed E-state index contributed by atoms with van der Waals surface area (Å²) in [6.07, 6.45) is 7.13. The molecule has 6 nitrogen and oxygen atoms in total. The summed E-state index contributed by atoms with van der Waals surface area (Å²) in [5, 5.41) is 16.5. The lowest BCUT2D eigenvalue weighted by atomic mass is 10.1. The van der Waals surface area contributed by atoms with Gasteiger partial charge < -0.3 is 20.6 Å². The number of nitrogens with zero attached hydrogens (tertiary/aromatic N) is 3. The Kier molecular flexibility index (Phi) is 12.5. The van der Waals surface area contributed by atoms with E-state index in [1.807, 2.05) is 6.08 Å². The van der Waals surface area contributed by atoms with Crippen molar-refractivity contribution in [1.29, 1.82) is 0 Å². The molecular formula is C19H38IN5O. The summed E-state index contributed by atoms with van der Waals surface area (Å²) in [6, 6.07) is 0.516. The zero-order chi connectivity index (χ0) is 17.9. The quantitative estimate of drug-likeness (QED) is 0.163. The van der Waals surface area contributed by atoms with Gasteiger partial charge in [-0.1, -0.05) is 6.08 Å². The number of likely N-dealkylation sites (tertiary alicyclic amines) is 2. The van der Waals surface area contributed by atoms with Crippen molar-refractivity contribution in [3.8, 4) is 0 Å². The van der Waals surface area contributed by atoms with Crippen LogP contribution >= 0.6 is 24.0 Å². The molecule has 2 aliphatic heterocycles. The average molecular weight is 479 g/mol. The molecule has 0 radical (unpaired) electrons. The van der Waals surface area contributed by atoms with E-state index in [2.05, 4.69) is 33.9 Å². The molecule has 7 heteroatoms. The summed E-state index contributed by atoms with van der Waals surface area (Å²) in [5.41, 5.74) is 0. The van der Waals surface area contributed by atoms with E-state index in [1.165, 1.54) is 0 Å². The normalized spacial score (nSPS) is 21.2. The van der Waals surface area contributed by atoms with Crippen LogP contribution in [0, 0.1) is 0 Å². The van der Waals surface area contributed by atoms with E-state index in [0.29, 0.717) is 6.04 Å². The Labute approximate surface area is 176 Å². The minimum Gasteiger partial charge on any atom is -0.393 e. The van der Waals surface area contributed by atoms with Crippen LogP contribution in [0.5, 0.6) is 0 Å².